The van der Waals surface area contributed by atoms with Gasteiger partial charge in [0.2, 0.25) is 0 Å². The summed E-state index contributed by atoms with van der Waals surface area (Å²) in [6.07, 6.45) is 3.25. The van der Waals surface area contributed by atoms with Gasteiger partial charge in [0, 0.05) is 18.7 Å². The van der Waals surface area contributed by atoms with Gasteiger partial charge in [-0.3, -0.25) is 4.79 Å². The Bertz CT molecular complexity index is 497. The van der Waals surface area contributed by atoms with E-state index in [1.165, 1.54) is 12.1 Å². The SMILES string of the molecule is O=C(O)CCCCCCNC(=O)Nc1ccc(Cl)c(F)c1. The zero-order valence-electron chi connectivity index (χ0n) is 11.5. The zero-order valence-corrected chi connectivity index (χ0v) is 12.3. The quantitative estimate of drug-likeness (QED) is 0.641. The van der Waals surface area contributed by atoms with Gasteiger partial charge >= 0.3 is 12.0 Å². The highest BCUT2D eigenvalue weighted by Crippen LogP contribution is 2.18. The molecule has 1 aromatic rings. The normalized spacial score (nSPS) is 10.2. The summed E-state index contributed by atoms with van der Waals surface area (Å²) >= 11 is 5.54. The van der Waals surface area contributed by atoms with Crippen molar-refractivity contribution >= 4 is 29.3 Å². The highest BCUT2D eigenvalue weighted by Gasteiger charge is 2.04. The molecule has 3 N–H and O–H groups in total. The van der Waals surface area contributed by atoms with E-state index in [1.54, 1.807) is 0 Å². The molecule has 0 fully saturated rings. The number of nitrogens with one attached hydrogen (secondary N) is 2. The first-order valence-electron chi connectivity index (χ1n) is 6.70. The van der Waals surface area contributed by atoms with Crippen LogP contribution in [0.1, 0.15) is 32.1 Å². The van der Waals surface area contributed by atoms with Gasteiger partial charge < -0.3 is 15.7 Å². The van der Waals surface area contributed by atoms with Crippen LogP contribution in [-0.2, 0) is 4.79 Å². The van der Waals surface area contributed by atoms with Gasteiger partial charge in [-0.15, -0.1) is 0 Å². The number of urea groups is 1. The Kier molecular flexibility index (Phi) is 7.53. The number of aliphatic carboxylic acids is 1. The number of halogens is 2. The zero-order chi connectivity index (χ0) is 15.7. The Morgan fingerprint density at radius 3 is 2.57 bits per heavy atom. The van der Waals surface area contributed by atoms with E-state index < -0.39 is 17.8 Å². The summed E-state index contributed by atoms with van der Waals surface area (Å²) in [4.78, 5) is 21.8. The van der Waals surface area contributed by atoms with Gasteiger partial charge in [0.05, 0.1) is 5.02 Å². The monoisotopic (exact) mass is 316 g/mol. The number of rotatable bonds is 8. The maximum atomic E-state index is 13.2. The Morgan fingerprint density at radius 1 is 1.19 bits per heavy atom. The maximum absolute atomic E-state index is 13.2. The third-order valence-corrected chi connectivity index (χ3v) is 3.09. The minimum atomic E-state index is -0.789. The lowest BCUT2D eigenvalue weighted by Crippen LogP contribution is -2.29. The molecule has 0 aromatic heterocycles. The summed E-state index contributed by atoms with van der Waals surface area (Å²) < 4.78 is 13.2. The lowest BCUT2D eigenvalue weighted by Gasteiger charge is -2.08. The number of carboxylic acids is 1. The molecule has 0 heterocycles. The van der Waals surface area contributed by atoms with Crippen molar-refractivity contribution in [1.29, 1.82) is 0 Å². The molecule has 5 nitrogen and oxygen atoms in total. The summed E-state index contributed by atoms with van der Waals surface area (Å²) in [6.45, 7) is 0.481. The molecule has 1 aromatic carbocycles. The highest BCUT2D eigenvalue weighted by molar-refractivity contribution is 6.30. The van der Waals surface area contributed by atoms with E-state index in [2.05, 4.69) is 10.6 Å². The van der Waals surface area contributed by atoms with Gasteiger partial charge in [-0.1, -0.05) is 24.4 Å². The Labute approximate surface area is 127 Å². The van der Waals surface area contributed by atoms with Crippen molar-refractivity contribution in [2.45, 2.75) is 32.1 Å². The summed E-state index contributed by atoms with van der Waals surface area (Å²) in [7, 11) is 0. The van der Waals surface area contributed by atoms with Crippen molar-refractivity contribution in [3.05, 3.63) is 29.0 Å². The van der Waals surface area contributed by atoms with Gasteiger partial charge in [-0.05, 0) is 31.0 Å². The van der Waals surface area contributed by atoms with E-state index in [9.17, 15) is 14.0 Å². The minimum absolute atomic E-state index is 0.00215. The van der Waals surface area contributed by atoms with Crippen LogP contribution < -0.4 is 10.6 Å². The second-order valence-corrected chi connectivity index (χ2v) is 4.97. The van der Waals surface area contributed by atoms with E-state index in [0.717, 1.165) is 25.3 Å². The van der Waals surface area contributed by atoms with Crippen molar-refractivity contribution in [1.82, 2.24) is 5.32 Å². The number of carboxylic acid groups (broad SMARTS) is 1. The first kappa shape index (κ1) is 17.2. The summed E-state index contributed by atoms with van der Waals surface area (Å²) in [5.74, 6) is -1.38. The standard InChI is InChI=1S/C14H18ClFN2O3/c15-11-7-6-10(9-12(11)16)18-14(21)17-8-4-2-1-3-5-13(19)20/h6-7,9H,1-5,8H2,(H,19,20)(H2,17,18,21). The molecule has 0 saturated carbocycles. The van der Waals surface area contributed by atoms with Crippen LogP contribution in [0.25, 0.3) is 0 Å². The summed E-state index contributed by atoms with van der Waals surface area (Å²) in [6, 6.07) is 3.61. The molecule has 0 unspecified atom stereocenters. The molecule has 2 amide bonds. The lowest BCUT2D eigenvalue weighted by atomic mass is 10.1. The second kappa shape index (κ2) is 9.18. The Balaban J connectivity index is 2.14. The van der Waals surface area contributed by atoms with Crippen molar-refractivity contribution < 1.29 is 19.1 Å². The van der Waals surface area contributed by atoms with Crippen LogP contribution in [0.5, 0.6) is 0 Å². The van der Waals surface area contributed by atoms with Crippen molar-refractivity contribution in [3.63, 3.8) is 0 Å². The number of hydrogen-bond donors (Lipinski definition) is 3. The number of anilines is 1. The molecule has 0 aliphatic rings. The molecular formula is C14H18ClFN2O3. The van der Waals surface area contributed by atoms with Crippen LogP contribution in [0.2, 0.25) is 5.02 Å². The third kappa shape index (κ3) is 7.51. The molecule has 0 saturated heterocycles. The fourth-order valence-corrected chi connectivity index (χ4v) is 1.82. The van der Waals surface area contributed by atoms with Crippen molar-refractivity contribution in [3.8, 4) is 0 Å². The van der Waals surface area contributed by atoms with Crippen LogP contribution in [-0.4, -0.2) is 23.7 Å². The van der Waals surface area contributed by atoms with Gasteiger partial charge in [-0.25, -0.2) is 9.18 Å². The molecule has 0 atom stereocenters. The number of carbonyl (C=O) groups is 2. The van der Waals surface area contributed by atoms with Crippen molar-refractivity contribution in [2.24, 2.45) is 0 Å². The summed E-state index contributed by atoms with van der Waals surface area (Å²) in [5.41, 5.74) is 0.329. The predicted molar refractivity (Wildman–Crippen MR) is 79.2 cm³/mol. The minimum Gasteiger partial charge on any atom is -0.481 e. The number of benzene rings is 1. The van der Waals surface area contributed by atoms with E-state index in [-0.39, 0.29) is 11.4 Å². The van der Waals surface area contributed by atoms with Crippen LogP contribution in [0.3, 0.4) is 0 Å². The van der Waals surface area contributed by atoms with E-state index in [0.29, 0.717) is 18.7 Å². The Morgan fingerprint density at radius 2 is 1.90 bits per heavy atom. The fourth-order valence-electron chi connectivity index (χ4n) is 1.71. The first-order chi connectivity index (χ1) is 9.99. The van der Waals surface area contributed by atoms with Gasteiger partial charge in [0.15, 0.2) is 0 Å². The maximum Gasteiger partial charge on any atom is 0.319 e. The molecule has 7 heteroatoms. The second-order valence-electron chi connectivity index (χ2n) is 4.57. The fraction of sp³-hybridized carbons (Fsp3) is 0.429. The van der Waals surface area contributed by atoms with Gasteiger partial charge in [0.25, 0.3) is 0 Å². The lowest BCUT2D eigenvalue weighted by molar-refractivity contribution is -0.137. The van der Waals surface area contributed by atoms with E-state index in [4.69, 9.17) is 16.7 Å². The van der Waals surface area contributed by atoms with Crippen LogP contribution in [0.15, 0.2) is 18.2 Å². The first-order valence-corrected chi connectivity index (χ1v) is 7.08. The highest BCUT2D eigenvalue weighted by atomic mass is 35.5. The number of amides is 2. The molecule has 0 radical (unpaired) electrons. The smallest absolute Gasteiger partial charge is 0.319 e. The number of unbranched alkanes of at least 4 members (excludes halogenated alkanes) is 3. The van der Waals surface area contributed by atoms with Crippen LogP contribution in [0.4, 0.5) is 14.9 Å². The third-order valence-electron chi connectivity index (χ3n) is 2.78. The van der Waals surface area contributed by atoms with Crippen LogP contribution in [0, 0.1) is 5.82 Å². The molecule has 0 bridgehead atoms. The topological polar surface area (TPSA) is 78.4 Å². The molecule has 116 valence electrons. The van der Waals surface area contributed by atoms with Gasteiger partial charge in [-0.2, -0.15) is 0 Å². The number of carbonyl (C=O) groups excluding carboxylic acids is 1. The molecule has 0 aliphatic heterocycles. The number of hydrogen-bond acceptors (Lipinski definition) is 2. The molecular weight excluding hydrogens is 299 g/mol. The van der Waals surface area contributed by atoms with E-state index in [1.807, 2.05) is 0 Å². The summed E-state index contributed by atoms with van der Waals surface area (Å²) in [5, 5.41) is 13.6. The Hall–Kier alpha value is -1.82. The van der Waals surface area contributed by atoms with Gasteiger partial charge in [0.1, 0.15) is 5.82 Å². The van der Waals surface area contributed by atoms with E-state index >= 15 is 0 Å². The molecule has 0 spiro atoms. The predicted octanol–water partition coefficient (Wildman–Crippen LogP) is 3.64. The van der Waals surface area contributed by atoms with Crippen LogP contribution >= 0.6 is 11.6 Å². The average molecular weight is 317 g/mol. The van der Waals surface area contributed by atoms with Crippen molar-refractivity contribution in [2.75, 3.05) is 11.9 Å². The largest absolute Gasteiger partial charge is 0.481 e. The molecule has 21 heavy (non-hydrogen) atoms. The molecule has 1 rings (SSSR count). The average Bonchev–Trinajstić information content (AvgIpc) is 2.41. The molecule has 0 aliphatic carbocycles.